The van der Waals surface area contributed by atoms with Gasteiger partial charge in [-0.05, 0) is 60.6 Å². The Kier molecular flexibility index (Phi) is 8.03. The van der Waals surface area contributed by atoms with E-state index in [0.29, 0.717) is 18.5 Å². The van der Waals surface area contributed by atoms with Crippen molar-refractivity contribution < 1.29 is 29.0 Å². The number of rotatable bonds is 6. The molecule has 2 saturated heterocycles. The van der Waals surface area contributed by atoms with Gasteiger partial charge in [0.05, 0.1) is 25.2 Å². The van der Waals surface area contributed by atoms with Crippen molar-refractivity contribution in [2.75, 3.05) is 24.7 Å². The van der Waals surface area contributed by atoms with Crippen LogP contribution in [0.2, 0.25) is 0 Å². The van der Waals surface area contributed by atoms with Gasteiger partial charge in [-0.3, -0.25) is 14.4 Å². The van der Waals surface area contributed by atoms with Crippen molar-refractivity contribution >= 4 is 34.2 Å². The molecule has 4 heterocycles. The van der Waals surface area contributed by atoms with E-state index in [2.05, 4.69) is 0 Å². The third-order valence-corrected chi connectivity index (χ3v) is 10.3. The molecule has 238 valence electrons. The van der Waals surface area contributed by atoms with Crippen LogP contribution >= 0.6 is 0 Å². The van der Waals surface area contributed by atoms with Crippen molar-refractivity contribution in [3.05, 3.63) is 103 Å². The zero-order valence-corrected chi connectivity index (χ0v) is 26.1. The van der Waals surface area contributed by atoms with Gasteiger partial charge in [0.1, 0.15) is 23.2 Å². The van der Waals surface area contributed by atoms with Gasteiger partial charge in [0.15, 0.2) is 0 Å². The number of carbonyl (C=O) groups excluding carboxylic acids is 3. The van der Waals surface area contributed by atoms with Gasteiger partial charge in [0.2, 0.25) is 5.91 Å². The van der Waals surface area contributed by atoms with Crippen LogP contribution in [0.15, 0.2) is 97.1 Å². The third-order valence-electron chi connectivity index (χ3n) is 10.3. The summed E-state index contributed by atoms with van der Waals surface area (Å²) < 4.78 is 12.9. The number of cyclic esters (lactones) is 1. The molecule has 46 heavy (non-hydrogen) atoms. The fourth-order valence-corrected chi connectivity index (χ4v) is 8.08. The lowest BCUT2D eigenvalue weighted by Gasteiger charge is -2.41. The van der Waals surface area contributed by atoms with E-state index < -0.39 is 41.1 Å². The summed E-state index contributed by atoms with van der Waals surface area (Å²) in [5.74, 6) is -3.12. The first-order valence-corrected chi connectivity index (χ1v) is 16.4. The van der Waals surface area contributed by atoms with E-state index in [9.17, 15) is 14.7 Å². The number of ether oxygens (including phenoxy) is 2. The largest absolute Gasteiger partial charge is 0.465 e. The Labute approximate surface area is 269 Å². The topological polar surface area (TPSA) is 96.4 Å². The molecule has 1 unspecified atom stereocenters. The van der Waals surface area contributed by atoms with Crippen LogP contribution in [-0.4, -0.2) is 70.8 Å². The quantitative estimate of drug-likeness (QED) is 0.308. The van der Waals surface area contributed by atoms with E-state index in [-0.39, 0.29) is 31.6 Å². The summed E-state index contributed by atoms with van der Waals surface area (Å²) in [6.07, 6.45) is 10.9. The summed E-state index contributed by atoms with van der Waals surface area (Å²) in [6.45, 7) is 2.11. The number of benzene rings is 3. The minimum atomic E-state index is -1.44. The molecule has 0 aliphatic carbocycles. The van der Waals surface area contributed by atoms with Gasteiger partial charge in [-0.2, -0.15) is 0 Å². The fourth-order valence-electron chi connectivity index (χ4n) is 8.08. The minimum absolute atomic E-state index is 0.264. The molecule has 0 bridgehead atoms. The number of likely N-dealkylation sites (tertiary alicyclic amines) is 1. The first-order chi connectivity index (χ1) is 22.4. The molecule has 1 N–H and O–H groups in total. The van der Waals surface area contributed by atoms with E-state index in [0.717, 1.165) is 35.6 Å². The predicted octanol–water partition coefficient (Wildman–Crippen LogP) is 4.99. The Hall–Kier alpha value is -4.27. The highest BCUT2D eigenvalue weighted by molar-refractivity contribution is 6.06. The predicted molar refractivity (Wildman–Crippen MR) is 175 cm³/mol. The molecule has 1 spiro atoms. The summed E-state index contributed by atoms with van der Waals surface area (Å²) >= 11 is 0. The van der Waals surface area contributed by atoms with Gasteiger partial charge >= 0.3 is 5.97 Å². The van der Waals surface area contributed by atoms with Crippen LogP contribution in [0.1, 0.15) is 38.2 Å². The maximum atomic E-state index is 15.1. The van der Waals surface area contributed by atoms with Gasteiger partial charge in [-0.15, -0.1) is 0 Å². The Bertz CT molecular complexity index is 1700. The van der Waals surface area contributed by atoms with Crippen LogP contribution in [-0.2, 0) is 30.3 Å². The molecule has 3 aromatic rings. The maximum absolute atomic E-state index is 15.1. The zero-order chi connectivity index (χ0) is 31.9. The van der Waals surface area contributed by atoms with E-state index in [1.165, 1.54) is 4.90 Å². The summed E-state index contributed by atoms with van der Waals surface area (Å²) in [6, 6.07) is 21.6. The van der Waals surface area contributed by atoms with Crippen LogP contribution in [0.5, 0.6) is 0 Å². The SMILES string of the molecule is CC[C@@]12/C=C\CCCCOC(=O)[C@@H]1[C@H]1C(=O)N([C@@H](CO)Cc3ccccc3)C3C(=O)N(c4ccc5ccccc5c4)CC=C[C@@]31O2. The maximum Gasteiger partial charge on any atom is 0.313 e. The summed E-state index contributed by atoms with van der Waals surface area (Å²) in [5, 5.41) is 12.9. The number of hydrogen-bond donors (Lipinski definition) is 1. The van der Waals surface area contributed by atoms with Gasteiger partial charge in [0, 0.05) is 12.2 Å². The second-order valence-electron chi connectivity index (χ2n) is 12.8. The van der Waals surface area contributed by atoms with Gasteiger partial charge in [-0.25, -0.2) is 0 Å². The molecule has 2 fully saturated rings. The summed E-state index contributed by atoms with van der Waals surface area (Å²) in [5.41, 5.74) is -0.947. The Morgan fingerprint density at radius 1 is 0.891 bits per heavy atom. The highest BCUT2D eigenvalue weighted by atomic mass is 16.6. The highest BCUT2D eigenvalue weighted by Crippen LogP contribution is 2.58. The Morgan fingerprint density at radius 2 is 1.67 bits per heavy atom. The highest BCUT2D eigenvalue weighted by Gasteiger charge is 2.76. The number of anilines is 1. The molecule has 4 aliphatic rings. The van der Waals surface area contributed by atoms with Crippen LogP contribution < -0.4 is 4.90 Å². The summed E-state index contributed by atoms with van der Waals surface area (Å²) in [7, 11) is 0. The molecule has 7 rings (SSSR count). The second-order valence-corrected chi connectivity index (χ2v) is 12.8. The van der Waals surface area contributed by atoms with E-state index in [1.807, 2.05) is 104 Å². The van der Waals surface area contributed by atoms with Gasteiger partial charge in [-0.1, -0.05) is 91.9 Å². The van der Waals surface area contributed by atoms with Crippen molar-refractivity contribution in [3.63, 3.8) is 0 Å². The number of amides is 2. The number of aliphatic hydroxyl groups excluding tert-OH is 1. The Balaban J connectivity index is 1.38. The first kappa shape index (κ1) is 30.4. The molecular weight excluding hydrogens is 580 g/mol. The standard InChI is InChI=1S/C38H40N2O6/c1-2-37-19-10-3-4-11-22-45-36(44)32(37)31-34(42)40(30(25-41)23-26-13-6-5-7-14-26)33-35(43)39(21-12-20-38(31,33)46-37)29-18-17-27-15-8-9-16-28(27)24-29/h5-10,12-20,24,30-33,41H,2-4,11,21-23,25H2,1H3/b19-10-/t30-,31+,32+,33?,37-,38+/m1/s1. The normalized spacial score (nSPS) is 30.7. The van der Waals surface area contributed by atoms with E-state index >= 15 is 4.79 Å². The lowest BCUT2D eigenvalue weighted by atomic mass is 9.73. The zero-order valence-electron chi connectivity index (χ0n) is 26.1. The molecular formula is C38H40N2O6. The number of hydrogen-bond acceptors (Lipinski definition) is 6. The average Bonchev–Trinajstić information content (AvgIpc) is 3.44. The number of aliphatic hydroxyl groups is 1. The van der Waals surface area contributed by atoms with Crippen molar-refractivity contribution in [3.8, 4) is 0 Å². The molecule has 4 aliphatic heterocycles. The number of carbonyl (C=O) groups is 3. The van der Waals surface area contributed by atoms with Crippen molar-refractivity contribution in [2.24, 2.45) is 11.8 Å². The molecule has 3 aromatic carbocycles. The van der Waals surface area contributed by atoms with Crippen molar-refractivity contribution in [1.29, 1.82) is 0 Å². The molecule has 8 heteroatoms. The van der Waals surface area contributed by atoms with Crippen molar-refractivity contribution in [2.45, 2.75) is 62.3 Å². The molecule has 2 amide bonds. The van der Waals surface area contributed by atoms with Crippen LogP contribution in [0.4, 0.5) is 5.69 Å². The number of esters is 1. The number of fused-ring (bicyclic) bond motifs is 3. The molecule has 8 nitrogen and oxygen atoms in total. The number of nitrogens with zero attached hydrogens (tertiary/aromatic N) is 2. The van der Waals surface area contributed by atoms with Crippen LogP contribution in [0, 0.1) is 11.8 Å². The minimum Gasteiger partial charge on any atom is -0.465 e. The smallest absolute Gasteiger partial charge is 0.313 e. The summed E-state index contributed by atoms with van der Waals surface area (Å²) in [4.78, 5) is 47.2. The monoisotopic (exact) mass is 620 g/mol. The first-order valence-electron chi connectivity index (χ1n) is 16.4. The molecule has 0 radical (unpaired) electrons. The lowest BCUT2D eigenvalue weighted by molar-refractivity contribution is -0.161. The number of allylic oxidation sites excluding steroid dienone is 1. The molecule has 0 saturated carbocycles. The fraction of sp³-hybridized carbons (Fsp3) is 0.395. The van der Waals surface area contributed by atoms with Crippen LogP contribution in [0.3, 0.4) is 0 Å². The lowest BCUT2D eigenvalue weighted by Crippen LogP contribution is -2.59. The average molecular weight is 621 g/mol. The van der Waals surface area contributed by atoms with E-state index in [1.54, 1.807) is 4.90 Å². The van der Waals surface area contributed by atoms with Gasteiger partial charge < -0.3 is 24.4 Å². The van der Waals surface area contributed by atoms with Gasteiger partial charge in [0.25, 0.3) is 5.91 Å². The van der Waals surface area contributed by atoms with E-state index in [4.69, 9.17) is 9.47 Å². The molecule has 6 atom stereocenters. The third kappa shape index (κ3) is 4.86. The van der Waals surface area contributed by atoms with Crippen LogP contribution in [0.25, 0.3) is 10.8 Å². The Morgan fingerprint density at radius 3 is 2.46 bits per heavy atom. The second kappa shape index (κ2) is 12.2. The molecule has 0 aromatic heterocycles. The van der Waals surface area contributed by atoms with Crippen molar-refractivity contribution in [1.82, 2.24) is 4.90 Å².